The molecule has 1 saturated carbocycles. The fourth-order valence-electron chi connectivity index (χ4n) is 2.72. The molecule has 4 nitrogen and oxygen atoms in total. The molecule has 0 heterocycles. The molecule has 1 rings (SSSR count). The average Bonchev–Trinajstić information content (AvgIpc) is 2.41. The molecule has 2 atom stereocenters. The molecule has 1 fully saturated rings. The zero-order chi connectivity index (χ0) is 16.0. The van der Waals surface area contributed by atoms with E-state index in [0.717, 1.165) is 12.8 Å². The average molecular weight is 298 g/mol. The molecule has 4 heteroatoms. The molecule has 0 N–H and O–H groups in total. The Morgan fingerprint density at radius 2 is 1.24 bits per heavy atom. The standard InChI is InChI=1S/C17H30O4/c1-11(2)9-20-16(18)14-6-13(5)7-15(8-14)17(19)21-10-12(3)4/h11-15H,6-10H2,1-5H3. The Bertz CT molecular complexity index is 317. The van der Waals surface area contributed by atoms with Gasteiger partial charge in [-0.05, 0) is 37.0 Å². The maximum atomic E-state index is 12.1. The van der Waals surface area contributed by atoms with Crippen LogP contribution in [0.4, 0.5) is 0 Å². The lowest BCUT2D eigenvalue weighted by molar-refractivity contribution is -0.157. The van der Waals surface area contributed by atoms with Crippen LogP contribution >= 0.6 is 0 Å². The van der Waals surface area contributed by atoms with Crippen LogP contribution in [0.25, 0.3) is 0 Å². The van der Waals surface area contributed by atoms with Gasteiger partial charge in [0.05, 0.1) is 25.0 Å². The minimum atomic E-state index is -0.163. The van der Waals surface area contributed by atoms with Crippen LogP contribution in [0.5, 0.6) is 0 Å². The Labute approximate surface area is 128 Å². The van der Waals surface area contributed by atoms with E-state index >= 15 is 0 Å². The van der Waals surface area contributed by atoms with E-state index < -0.39 is 0 Å². The number of carbonyl (C=O) groups is 2. The first-order valence-corrected chi connectivity index (χ1v) is 8.12. The molecule has 0 aromatic heterocycles. The lowest BCUT2D eigenvalue weighted by Gasteiger charge is -2.31. The van der Waals surface area contributed by atoms with Crippen LogP contribution in [0.2, 0.25) is 0 Å². The molecule has 0 aliphatic heterocycles. The summed E-state index contributed by atoms with van der Waals surface area (Å²) in [6.45, 7) is 11.1. The summed E-state index contributed by atoms with van der Waals surface area (Å²) in [4.78, 5) is 24.2. The number of rotatable bonds is 6. The molecule has 0 aromatic rings. The van der Waals surface area contributed by atoms with Crippen LogP contribution in [-0.2, 0) is 19.1 Å². The molecule has 0 amide bonds. The van der Waals surface area contributed by atoms with Crippen molar-refractivity contribution >= 4 is 11.9 Å². The molecule has 122 valence electrons. The Morgan fingerprint density at radius 3 is 1.57 bits per heavy atom. The highest BCUT2D eigenvalue weighted by molar-refractivity contribution is 5.76. The summed E-state index contributed by atoms with van der Waals surface area (Å²) in [6, 6.07) is 0. The number of ether oxygens (including phenoxy) is 2. The lowest BCUT2D eigenvalue weighted by Crippen LogP contribution is -2.33. The Morgan fingerprint density at radius 1 is 0.857 bits per heavy atom. The van der Waals surface area contributed by atoms with E-state index in [4.69, 9.17) is 9.47 Å². The number of hydrogen-bond donors (Lipinski definition) is 0. The van der Waals surface area contributed by atoms with Gasteiger partial charge in [0, 0.05) is 0 Å². The predicted molar refractivity (Wildman–Crippen MR) is 81.6 cm³/mol. The van der Waals surface area contributed by atoms with E-state index in [1.807, 2.05) is 27.7 Å². The van der Waals surface area contributed by atoms with E-state index in [0.29, 0.717) is 37.4 Å². The summed E-state index contributed by atoms with van der Waals surface area (Å²) in [5.41, 5.74) is 0. The van der Waals surface area contributed by atoms with Crippen molar-refractivity contribution in [1.29, 1.82) is 0 Å². The lowest BCUT2D eigenvalue weighted by atomic mass is 9.76. The van der Waals surface area contributed by atoms with Gasteiger partial charge in [0.15, 0.2) is 0 Å². The van der Waals surface area contributed by atoms with E-state index in [1.165, 1.54) is 0 Å². The number of esters is 2. The zero-order valence-corrected chi connectivity index (χ0v) is 14.1. The van der Waals surface area contributed by atoms with E-state index in [1.54, 1.807) is 0 Å². The van der Waals surface area contributed by atoms with Crippen LogP contribution in [0.15, 0.2) is 0 Å². The van der Waals surface area contributed by atoms with Crippen molar-refractivity contribution in [2.24, 2.45) is 29.6 Å². The summed E-state index contributed by atoms with van der Waals surface area (Å²) in [7, 11) is 0. The van der Waals surface area contributed by atoms with Gasteiger partial charge in [-0.1, -0.05) is 34.6 Å². The first kappa shape index (κ1) is 18.0. The fourth-order valence-corrected chi connectivity index (χ4v) is 2.72. The van der Waals surface area contributed by atoms with Gasteiger partial charge in [0.25, 0.3) is 0 Å². The molecule has 1 aliphatic carbocycles. The quantitative estimate of drug-likeness (QED) is 0.705. The Kier molecular flexibility index (Phi) is 7.20. The molecule has 21 heavy (non-hydrogen) atoms. The first-order chi connectivity index (χ1) is 9.79. The first-order valence-electron chi connectivity index (χ1n) is 8.12. The maximum Gasteiger partial charge on any atom is 0.308 e. The minimum absolute atomic E-state index is 0.156. The minimum Gasteiger partial charge on any atom is -0.465 e. The van der Waals surface area contributed by atoms with Crippen LogP contribution in [-0.4, -0.2) is 25.2 Å². The summed E-state index contributed by atoms with van der Waals surface area (Å²) in [5.74, 6) is 0.387. The molecule has 0 saturated heterocycles. The smallest absolute Gasteiger partial charge is 0.308 e. The van der Waals surface area contributed by atoms with Gasteiger partial charge < -0.3 is 9.47 Å². The third-order valence-corrected chi connectivity index (χ3v) is 3.73. The van der Waals surface area contributed by atoms with E-state index in [2.05, 4.69) is 6.92 Å². The highest BCUT2D eigenvalue weighted by Gasteiger charge is 2.36. The van der Waals surface area contributed by atoms with Crippen molar-refractivity contribution in [1.82, 2.24) is 0 Å². The second kappa shape index (κ2) is 8.40. The third-order valence-electron chi connectivity index (χ3n) is 3.73. The van der Waals surface area contributed by atoms with Gasteiger partial charge in [-0.3, -0.25) is 9.59 Å². The molecule has 0 radical (unpaired) electrons. The number of hydrogen-bond acceptors (Lipinski definition) is 4. The Balaban J connectivity index is 2.52. The van der Waals surface area contributed by atoms with Crippen molar-refractivity contribution < 1.29 is 19.1 Å². The van der Waals surface area contributed by atoms with Crippen molar-refractivity contribution in [3.63, 3.8) is 0 Å². The molecule has 0 aromatic carbocycles. The van der Waals surface area contributed by atoms with Crippen LogP contribution < -0.4 is 0 Å². The highest BCUT2D eigenvalue weighted by Crippen LogP contribution is 2.34. The second-order valence-electron chi connectivity index (χ2n) is 7.25. The van der Waals surface area contributed by atoms with Gasteiger partial charge in [-0.2, -0.15) is 0 Å². The van der Waals surface area contributed by atoms with Gasteiger partial charge >= 0.3 is 11.9 Å². The van der Waals surface area contributed by atoms with Crippen LogP contribution in [0.1, 0.15) is 53.9 Å². The van der Waals surface area contributed by atoms with Crippen LogP contribution in [0, 0.1) is 29.6 Å². The van der Waals surface area contributed by atoms with Gasteiger partial charge in [-0.15, -0.1) is 0 Å². The maximum absolute atomic E-state index is 12.1. The molecular weight excluding hydrogens is 268 g/mol. The topological polar surface area (TPSA) is 52.6 Å². The number of carbonyl (C=O) groups excluding carboxylic acids is 2. The summed E-state index contributed by atoms with van der Waals surface area (Å²) < 4.78 is 10.7. The summed E-state index contributed by atoms with van der Waals surface area (Å²) >= 11 is 0. The highest BCUT2D eigenvalue weighted by atomic mass is 16.5. The predicted octanol–water partition coefficient (Wildman–Crippen LogP) is 3.44. The monoisotopic (exact) mass is 298 g/mol. The second-order valence-corrected chi connectivity index (χ2v) is 7.25. The van der Waals surface area contributed by atoms with E-state index in [9.17, 15) is 9.59 Å². The van der Waals surface area contributed by atoms with Crippen molar-refractivity contribution in [2.45, 2.75) is 53.9 Å². The molecule has 0 spiro atoms. The summed E-state index contributed by atoms with van der Waals surface area (Å²) in [6.07, 6.45) is 2.19. The zero-order valence-electron chi connectivity index (χ0n) is 14.1. The fraction of sp³-hybridized carbons (Fsp3) is 0.882. The van der Waals surface area contributed by atoms with Gasteiger partial charge in [0.1, 0.15) is 0 Å². The molecule has 2 unspecified atom stereocenters. The van der Waals surface area contributed by atoms with Gasteiger partial charge in [-0.25, -0.2) is 0 Å². The summed E-state index contributed by atoms with van der Waals surface area (Å²) in [5, 5.41) is 0. The molecular formula is C17H30O4. The van der Waals surface area contributed by atoms with Crippen LogP contribution in [0.3, 0.4) is 0 Å². The molecule has 1 aliphatic rings. The Hall–Kier alpha value is -1.06. The van der Waals surface area contributed by atoms with E-state index in [-0.39, 0.29) is 23.8 Å². The van der Waals surface area contributed by atoms with Crippen molar-refractivity contribution in [3.05, 3.63) is 0 Å². The largest absolute Gasteiger partial charge is 0.465 e. The molecule has 0 bridgehead atoms. The van der Waals surface area contributed by atoms with Gasteiger partial charge in [0.2, 0.25) is 0 Å². The normalized spacial score (nSPS) is 26.0. The van der Waals surface area contributed by atoms with Crippen molar-refractivity contribution in [3.8, 4) is 0 Å². The van der Waals surface area contributed by atoms with Crippen molar-refractivity contribution in [2.75, 3.05) is 13.2 Å². The third kappa shape index (κ3) is 6.49. The SMILES string of the molecule is CC(C)COC(=O)C1CC(C)CC(C(=O)OCC(C)C)C1.